The normalized spacial score (nSPS) is 11.5. The van der Waals surface area contributed by atoms with Crippen molar-refractivity contribution in [2.75, 3.05) is 4.90 Å². The zero-order valence-electron chi connectivity index (χ0n) is 25.1. The van der Waals surface area contributed by atoms with Crippen LogP contribution in [0.1, 0.15) is 0 Å². The van der Waals surface area contributed by atoms with Crippen LogP contribution in [0.15, 0.2) is 176 Å². The molecule has 0 saturated carbocycles. The van der Waals surface area contributed by atoms with E-state index in [2.05, 4.69) is 181 Å². The summed E-state index contributed by atoms with van der Waals surface area (Å²) in [6.45, 7) is 0. The van der Waals surface area contributed by atoms with Crippen molar-refractivity contribution >= 4 is 70.1 Å². The summed E-state index contributed by atoms with van der Waals surface area (Å²) in [4.78, 5) is 2.46. The standard InChI is InChI=1S/C44H29NS/c1-2-15-37(16-3-1)45(40-18-10-20-43-44(40)38-17-8-9-19-42(38)46-43)41-29-35-14-7-6-13-34(35)28-39(41)32-24-21-31(22-25-32)36-26-23-30-11-4-5-12-33(30)27-36/h1-29H. The number of para-hydroxylation sites is 1. The van der Waals surface area contributed by atoms with Crippen LogP contribution in [0.5, 0.6) is 0 Å². The number of hydrogen-bond donors (Lipinski definition) is 0. The molecule has 0 aliphatic rings. The van der Waals surface area contributed by atoms with Gasteiger partial charge in [-0.2, -0.15) is 0 Å². The van der Waals surface area contributed by atoms with Crippen LogP contribution in [-0.4, -0.2) is 0 Å². The number of benzene rings is 8. The van der Waals surface area contributed by atoms with Crippen LogP contribution in [0.25, 0.3) is 64.0 Å². The zero-order chi connectivity index (χ0) is 30.5. The topological polar surface area (TPSA) is 3.24 Å². The summed E-state index contributed by atoms with van der Waals surface area (Å²) in [6, 6.07) is 64.1. The summed E-state index contributed by atoms with van der Waals surface area (Å²) in [5, 5.41) is 7.55. The average Bonchev–Trinajstić information content (AvgIpc) is 3.51. The van der Waals surface area contributed by atoms with E-state index in [0.717, 1.165) is 11.4 Å². The molecule has 0 fully saturated rings. The molecular formula is C44H29NS. The van der Waals surface area contributed by atoms with Crippen LogP contribution in [-0.2, 0) is 0 Å². The van der Waals surface area contributed by atoms with E-state index in [4.69, 9.17) is 0 Å². The molecule has 0 aliphatic heterocycles. The van der Waals surface area contributed by atoms with Crippen molar-refractivity contribution < 1.29 is 0 Å². The van der Waals surface area contributed by atoms with Crippen molar-refractivity contribution in [2.45, 2.75) is 0 Å². The van der Waals surface area contributed by atoms with Gasteiger partial charge in [-0.3, -0.25) is 0 Å². The molecule has 0 radical (unpaired) electrons. The van der Waals surface area contributed by atoms with Crippen LogP contribution in [0.2, 0.25) is 0 Å². The molecule has 0 saturated heterocycles. The van der Waals surface area contributed by atoms with Gasteiger partial charge in [-0.15, -0.1) is 11.3 Å². The number of thiophene rings is 1. The minimum absolute atomic E-state index is 1.13. The van der Waals surface area contributed by atoms with Crippen LogP contribution in [0.3, 0.4) is 0 Å². The summed E-state index contributed by atoms with van der Waals surface area (Å²) < 4.78 is 2.60. The Kier molecular flexibility index (Phi) is 6.40. The Morgan fingerprint density at radius 1 is 0.370 bits per heavy atom. The Hall–Kier alpha value is -5.70. The molecule has 0 amide bonds. The SMILES string of the molecule is c1ccc(N(c2cc3ccccc3cc2-c2ccc(-c3ccc4ccccc4c3)cc2)c2cccc3sc4ccccc4c23)cc1. The van der Waals surface area contributed by atoms with Gasteiger partial charge in [-0.05, 0) is 86.8 Å². The van der Waals surface area contributed by atoms with Crippen molar-refractivity contribution in [1.82, 2.24) is 0 Å². The molecular weight excluding hydrogens is 575 g/mol. The van der Waals surface area contributed by atoms with Crippen molar-refractivity contribution in [2.24, 2.45) is 0 Å². The van der Waals surface area contributed by atoms with E-state index in [0.29, 0.717) is 0 Å². The maximum Gasteiger partial charge on any atom is 0.0555 e. The quantitative estimate of drug-likeness (QED) is 0.189. The molecule has 0 spiro atoms. The van der Waals surface area contributed by atoms with Gasteiger partial charge in [0.15, 0.2) is 0 Å². The molecule has 0 bridgehead atoms. The van der Waals surface area contributed by atoms with E-state index >= 15 is 0 Å². The lowest BCUT2D eigenvalue weighted by Crippen LogP contribution is -2.11. The number of anilines is 3. The minimum atomic E-state index is 1.13. The van der Waals surface area contributed by atoms with Crippen molar-refractivity contribution in [1.29, 1.82) is 0 Å². The highest BCUT2D eigenvalue weighted by atomic mass is 32.1. The van der Waals surface area contributed by atoms with Gasteiger partial charge in [0.1, 0.15) is 0 Å². The van der Waals surface area contributed by atoms with Crippen LogP contribution in [0, 0.1) is 0 Å². The second-order valence-electron chi connectivity index (χ2n) is 11.8. The monoisotopic (exact) mass is 603 g/mol. The molecule has 9 rings (SSSR count). The summed E-state index contributed by atoms with van der Waals surface area (Å²) >= 11 is 1.86. The van der Waals surface area contributed by atoms with Gasteiger partial charge in [0.25, 0.3) is 0 Å². The van der Waals surface area contributed by atoms with Gasteiger partial charge in [-0.25, -0.2) is 0 Å². The molecule has 216 valence electrons. The molecule has 1 aromatic heterocycles. The molecule has 0 aliphatic carbocycles. The highest BCUT2D eigenvalue weighted by Crippen LogP contribution is 2.48. The molecule has 0 N–H and O–H groups in total. The van der Waals surface area contributed by atoms with Crippen molar-refractivity contribution in [3.05, 3.63) is 176 Å². The Balaban J connectivity index is 1.27. The lowest BCUT2D eigenvalue weighted by atomic mass is 9.95. The number of nitrogens with zero attached hydrogens (tertiary/aromatic N) is 1. The zero-order valence-corrected chi connectivity index (χ0v) is 25.9. The van der Waals surface area contributed by atoms with Gasteiger partial charge < -0.3 is 4.90 Å². The molecule has 0 unspecified atom stereocenters. The lowest BCUT2D eigenvalue weighted by Gasteiger charge is -2.29. The minimum Gasteiger partial charge on any atom is -0.309 e. The Bertz CT molecular complexity index is 2530. The first kappa shape index (κ1) is 26.7. The molecule has 1 heterocycles. The van der Waals surface area contributed by atoms with E-state index in [1.54, 1.807) is 0 Å². The Labute approximate surface area is 272 Å². The highest BCUT2D eigenvalue weighted by Gasteiger charge is 2.22. The third-order valence-electron chi connectivity index (χ3n) is 9.02. The summed E-state index contributed by atoms with van der Waals surface area (Å²) in [5.74, 6) is 0. The van der Waals surface area contributed by atoms with Gasteiger partial charge in [0, 0.05) is 31.4 Å². The van der Waals surface area contributed by atoms with Crippen LogP contribution < -0.4 is 4.90 Å². The van der Waals surface area contributed by atoms with Gasteiger partial charge in [-0.1, -0.05) is 127 Å². The fraction of sp³-hybridized carbons (Fsp3) is 0. The summed E-state index contributed by atoms with van der Waals surface area (Å²) in [7, 11) is 0. The van der Waals surface area contributed by atoms with Crippen LogP contribution in [0.4, 0.5) is 17.1 Å². The van der Waals surface area contributed by atoms with Crippen LogP contribution >= 0.6 is 11.3 Å². The predicted octanol–water partition coefficient (Wildman–Crippen LogP) is 13.2. The van der Waals surface area contributed by atoms with E-state index in [1.165, 1.54) is 69.7 Å². The summed E-state index contributed by atoms with van der Waals surface area (Å²) in [6.07, 6.45) is 0. The largest absolute Gasteiger partial charge is 0.309 e. The molecule has 2 heteroatoms. The Morgan fingerprint density at radius 3 is 1.78 bits per heavy atom. The van der Waals surface area contributed by atoms with E-state index < -0.39 is 0 Å². The van der Waals surface area contributed by atoms with E-state index in [1.807, 2.05) is 11.3 Å². The Morgan fingerprint density at radius 2 is 0.978 bits per heavy atom. The fourth-order valence-corrected chi connectivity index (χ4v) is 7.91. The molecule has 0 atom stereocenters. The first-order chi connectivity index (χ1) is 22.8. The van der Waals surface area contributed by atoms with Gasteiger partial charge in [0.2, 0.25) is 0 Å². The number of rotatable bonds is 5. The second kappa shape index (κ2) is 11.0. The van der Waals surface area contributed by atoms with E-state index in [-0.39, 0.29) is 0 Å². The molecule has 9 aromatic rings. The van der Waals surface area contributed by atoms with Crippen molar-refractivity contribution in [3.8, 4) is 22.3 Å². The van der Waals surface area contributed by atoms with Gasteiger partial charge >= 0.3 is 0 Å². The molecule has 8 aromatic carbocycles. The predicted molar refractivity (Wildman–Crippen MR) is 200 cm³/mol. The smallest absolute Gasteiger partial charge is 0.0555 e. The van der Waals surface area contributed by atoms with E-state index in [9.17, 15) is 0 Å². The highest BCUT2D eigenvalue weighted by molar-refractivity contribution is 7.26. The number of hydrogen-bond acceptors (Lipinski definition) is 2. The molecule has 46 heavy (non-hydrogen) atoms. The lowest BCUT2D eigenvalue weighted by molar-refractivity contribution is 1.31. The third kappa shape index (κ3) is 4.54. The average molecular weight is 604 g/mol. The maximum absolute atomic E-state index is 2.46. The van der Waals surface area contributed by atoms with Crippen molar-refractivity contribution in [3.63, 3.8) is 0 Å². The summed E-state index contributed by atoms with van der Waals surface area (Å²) in [5.41, 5.74) is 8.31. The maximum atomic E-state index is 2.46. The third-order valence-corrected chi connectivity index (χ3v) is 10.2. The van der Waals surface area contributed by atoms with Gasteiger partial charge in [0.05, 0.1) is 11.4 Å². The fourth-order valence-electron chi connectivity index (χ4n) is 6.78. The first-order valence-electron chi connectivity index (χ1n) is 15.7. The first-order valence-corrected chi connectivity index (χ1v) is 16.5. The molecule has 1 nitrogen and oxygen atoms in total. The number of fused-ring (bicyclic) bond motifs is 5. The second-order valence-corrected chi connectivity index (χ2v) is 12.9.